The molecule has 0 spiro atoms. The maximum atomic E-state index is 11.1. The molecule has 2 N–H and O–H groups in total. The van der Waals surface area contributed by atoms with Crippen LogP contribution in [-0.4, -0.2) is 35.4 Å². The van der Waals surface area contributed by atoms with E-state index in [0.29, 0.717) is 6.42 Å². The highest BCUT2D eigenvalue weighted by Gasteiger charge is 2.49. The Balaban J connectivity index is 2.76. The van der Waals surface area contributed by atoms with Crippen molar-refractivity contribution in [2.75, 3.05) is 13.2 Å². The molecule has 1 rings (SSSR count). The van der Waals surface area contributed by atoms with Crippen LogP contribution < -0.4 is 5.32 Å². The molecule has 0 aromatic heterocycles. The second-order valence-corrected chi connectivity index (χ2v) is 4.17. The van der Waals surface area contributed by atoms with Crippen molar-refractivity contribution in [3.05, 3.63) is 0 Å². The van der Waals surface area contributed by atoms with Gasteiger partial charge in [-0.05, 0) is 13.8 Å². The van der Waals surface area contributed by atoms with Crippen molar-refractivity contribution in [2.24, 2.45) is 0 Å². The molecule has 1 aliphatic heterocycles. The molecule has 4 nitrogen and oxygen atoms in total. The maximum Gasteiger partial charge on any atom is 0.326 e. The van der Waals surface area contributed by atoms with Crippen LogP contribution in [0.2, 0.25) is 0 Å². The number of hydrogen-bond donors (Lipinski definition) is 2. The van der Waals surface area contributed by atoms with E-state index in [1.165, 1.54) is 0 Å². The summed E-state index contributed by atoms with van der Waals surface area (Å²) in [4.78, 5) is 11.1. The lowest BCUT2D eigenvalue weighted by atomic mass is 9.90. The molecule has 0 saturated carbocycles. The van der Waals surface area contributed by atoms with Crippen molar-refractivity contribution in [3.63, 3.8) is 0 Å². The fourth-order valence-electron chi connectivity index (χ4n) is 1.69. The molecule has 14 heavy (non-hydrogen) atoms. The zero-order valence-corrected chi connectivity index (χ0v) is 8.46. The molecule has 78 valence electrons. The number of nitrogens with one attached hydrogen (secondary N) is 1. The molecule has 1 saturated heterocycles. The smallest absolute Gasteiger partial charge is 0.326 e. The van der Waals surface area contributed by atoms with Gasteiger partial charge in [0, 0.05) is 6.42 Å². The summed E-state index contributed by atoms with van der Waals surface area (Å²) in [7, 11) is 0. The molecule has 1 atom stereocenters. The zero-order valence-electron chi connectivity index (χ0n) is 8.46. The third-order valence-corrected chi connectivity index (χ3v) is 2.38. The van der Waals surface area contributed by atoms with Gasteiger partial charge in [-0.15, -0.1) is 6.42 Å². The first-order chi connectivity index (χ1) is 6.42. The van der Waals surface area contributed by atoms with E-state index in [0.717, 1.165) is 0 Å². The molecule has 1 aliphatic rings. The van der Waals surface area contributed by atoms with Crippen molar-refractivity contribution in [1.82, 2.24) is 5.32 Å². The minimum absolute atomic E-state index is 0.164. The number of aliphatic carboxylic acids is 1. The maximum absolute atomic E-state index is 11.1. The average Bonchev–Trinajstić information content (AvgIpc) is 2.40. The van der Waals surface area contributed by atoms with Crippen LogP contribution in [0.5, 0.6) is 0 Å². The Morgan fingerprint density at radius 2 is 2.36 bits per heavy atom. The molecule has 1 fully saturated rings. The summed E-state index contributed by atoms with van der Waals surface area (Å²) in [5.74, 6) is 1.47. The molecule has 0 aromatic carbocycles. The van der Waals surface area contributed by atoms with E-state index in [1.54, 1.807) is 0 Å². The summed E-state index contributed by atoms with van der Waals surface area (Å²) in [5, 5.41) is 12.0. The summed E-state index contributed by atoms with van der Waals surface area (Å²) in [6.45, 7) is 4.15. The lowest BCUT2D eigenvalue weighted by Gasteiger charge is -2.24. The van der Waals surface area contributed by atoms with Gasteiger partial charge in [-0.2, -0.15) is 0 Å². The number of terminal acetylenes is 1. The van der Waals surface area contributed by atoms with Gasteiger partial charge in [-0.25, -0.2) is 0 Å². The Hall–Kier alpha value is -1.05. The Kier molecular flexibility index (Phi) is 2.84. The van der Waals surface area contributed by atoms with Crippen LogP contribution in [0.3, 0.4) is 0 Å². The predicted octanol–water partition coefficient (Wildman–Crippen LogP) is 0.231. The third-order valence-electron chi connectivity index (χ3n) is 2.38. The summed E-state index contributed by atoms with van der Waals surface area (Å²) in [6, 6.07) is 0. The normalized spacial score (nSPS) is 29.8. The van der Waals surface area contributed by atoms with E-state index < -0.39 is 17.1 Å². The Labute approximate surface area is 83.6 Å². The fourth-order valence-corrected chi connectivity index (χ4v) is 1.69. The minimum atomic E-state index is -1.02. The van der Waals surface area contributed by atoms with Crippen molar-refractivity contribution < 1.29 is 14.6 Å². The van der Waals surface area contributed by atoms with E-state index in [2.05, 4.69) is 11.2 Å². The van der Waals surface area contributed by atoms with Gasteiger partial charge in [0.1, 0.15) is 5.54 Å². The van der Waals surface area contributed by atoms with Crippen LogP contribution in [0.1, 0.15) is 20.3 Å². The Morgan fingerprint density at radius 3 is 2.71 bits per heavy atom. The van der Waals surface area contributed by atoms with Crippen molar-refractivity contribution in [2.45, 2.75) is 31.4 Å². The van der Waals surface area contributed by atoms with Gasteiger partial charge in [0.05, 0.1) is 18.8 Å². The molecule has 0 bridgehead atoms. The summed E-state index contributed by atoms with van der Waals surface area (Å²) in [5.41, 5.74) is -1.42. The molecule has 1 heterocycles. The van der Waals surface area contributed by atoms with Gasteiger partial charge in [0.15, 0.2) is 0 Å². The molecule has 0 aromatic rings. The van der Waals surface area contributed by atoms with Crippen LogP contribution >= 0.6 is 0 Å². The highest BCUT2D eigenvalue weighted by molar-refractivity contribution is 5.79. The van der Waals surface area contributed by atoms with Gasteiger partial charge in [0.2, 0.25) is 0 Å². The monoisotopic (exact) mass is 197 g/mol. The first-order valence-corrected chi connectivity index (χ1v) is 4.48. The van der Waals surface area contributed by atoms with Gasteiger partial charge in [-0.1, -0.05) is 5.92 Å². The number of carbonyl (C=O) groups is 1. The van der Waals surface area contributed by atoms with Crippen LogP contribution in [-0.2, 0) is 9.53 Å². The number of rotatable bonds is 3. The van der Waals surface area contributed by atoms with Crippen LogP contribution in [0.25, 0.3) is 0 Å². The van der Waals surface area contributed by atoms with Crippen LogP contribution in [0.15, 0.2) is 0 Å². The first kappa shape index (κ1) is 11.0. The molecule has 0 radical (unpaired) electrons. The van der Waals surface area contributed by atoms with Crippen LogP contribution in [0.4, 0.5) is 0 Å². The molecule has 0 aliphatic carbocycles. The molecule has 4 heteroatoms. The highest BCUT2D eigenvalue weighted by atomic mass is 16.5. The molecule has 0 amide bonds. The van der Waals surface area contributed by atoms with E-state index in [9.17, 15) is 4.79 Å². The second-order valence-electron chi connectivity index (χ2n) is 4.17. The predicted molar refractivity (Wildman–Crippen MR) is 51.9 cm³/mol. The topological polar surface area (TPSA) is 58.6 Å². The number of ether oxygens (including phenoxy) is 1. The van der Waals surface area contributed by atoms with Crippen molar-refractivity contribution >= 4 is 5.97 Å². The van der Waals surface area contributed by atoms with Gasteiger partial charge in [0.25, 0.3) is 0 Å². The molecule has 1 unspecified atom stereocenters. The summed E-state index contributed by atoms with van der Waals surface area (Å²) in [6.07, 6.45) is 5.51. The van der Waals surface area contributed by atoms with Gasteiger partial charge in [-0.3, -0.25) is 10.1 Å². The number of hydrogen-bond acceptors (Lipinski definition) is 3. The SMILES string of the molecule is C#CCNC1(C(=O)O)COC(C)(C)C1. The third kappa shape index (κ3) is 2.06. The largest absolute Gasteiger partial charge is 0.480 e. The van der Waals surface area contributed by atoms with E-state index in [1.807, 2.05) is 13.8 Å². The number of carboxylic acid groups (broad SMARTS) is 1. The van der Waals surface area contributed by atoms with Gasteiger partial charge >= 0.3 is 5.97 Å². The number of carboxylic acids is 1. The van der Waals surface area contributed by atoms with E-state index in [-0.39, 0.29) is 13.2 Å². The minimum Gasteiger partial charge on any atom is -0.480 e. The molecular weight excluding hydrogens is 182 g/mol. The second kappa shape index (κ2) is 3.60. The summed E-state index contributed by atoms with van der Waals surface area (Å²) < 4.78 is 5.40. The quantitative estimate of drug-likeness (QED) is 0.636. The van der Waals surface area contributed by atoms with Crippen molar-refractivity contribution in [3.8, 4) is 12.3 Å². The Bertz CT molecular complexity index is 280. The van der Waals surface area contributed by atoms with E-state index >= 15 is 0 Å². The standard InChI is InChI=1S/C10H15NO3/c1-4-5-11-10(8(12)13)6-9(2,3)14-7-10/h1,11H,5-7H2,2-3H3,(H,12,13). The fraction of sp³-hybridized carbons (Fsp3) is 0.700. The summed E-state index contributed by atoms with van der Waals surface area (Å²) >= 11 is 0. The zero-order chi connectivity index (χ0) is 10.8. The van der Waals surface area contributed by atoms with Gasteiger partial charge < -0.3 is 9.84 Å². The van der Waals surface area contributed by atoms with E-state index in [4.69, 9.17) is 16.3 Å². The first-order valence-electron chi connectivity index (χ1n) is 4.48. The highest BCUT2D eigenvalue weighted by Crippen LogP contribution is 2.32. The Morgan fingerprint density at radius 1 is 1.71 bits per heavy atom. The van der Waals surface area contributed by atoms with Crippen LogP contribution in [0, 0.1) is 12.3 Å². The van der Waals surface area contributed by atoms with Crippen molar-refractivity contribution in [1.29, 1.82) is 0 Å². The molecular formula is C10H15NO3. The average molecular weight is 197 g/mol. The lowest BCUT2D eigenvalue weighted by molar-refractivity contribution is -0.144. The lowest BCUT2D eigenvalue weighted by Crippen LogP contribution is -2.53.